The summed E-state index contributed by atoms with van der Waals surface area (Å²) in [6, 6.07) is 17.7. The number of nitrogens with zero attached hydrogens (tertiary/aromatic N) is 2. The molecule has 2 aromatic carbocycles. The Kier molecular flexibility index (Phi) is 6.16. The maximum Gasteiger partial charge on any atom is 0.217 e. The van der Waals surface area contributed by atoms with Gasteiger partial charge in [0.2, 0.25) is 5.95 Å². The smallest absolute Gasteiger partial charge is 0.217 e. The summed E-state index contributed by atoms with van der Waals surface area (Å²) in [5.41, 5.74) is 7.21. The topological polar surface area (TPSA) is 41.6 Å². The van der Waals surface area contributed by atoms with Gasteiger partial charge in [0, 0.05) is 6.20 Å². The zero-order valence-corrected chi connectivity index (χ0v) is 19.7. The highest BCUT2D eigenvalue weighted by Crippen LogP contribution is 2.47. The molecule has 0 saturated heterocycles. The largest absolute Gasteiger partial charge is 0.255 e. The second-order valence-electron chi connectivity index (χ2n) is 8.79. The molecule has 170 valence electrons. The standard InChI is InChI=1S/C29H25ClFN3/c1-18(2)11-12-19-13-15-21(16-14-19)25(22-8-4-10-24-27(22)29(31)34-33-24)26(20-6-3-7-20)28-23(30)9-5-17-32-28/h4-5,8-17,20H,1,3,6-7H2,2H3,(H,33,34)/b12-11+,26-25+. The van der Waals surface area contributed by atoms with Crippen molar-refractivity contribution < 1.29 is 4.39 Å². The van der Waals surface area contributed by atoms with Gasteiger partial charge in [-0.25, -0.2) is 0 Å². The van der Waals surface area contributed by atoms with Crippen molar-refractivity contribution >= 4 is 39.7 Å². The van der Waals surface area contributed by atoms with Crippen LogP contribution in [-0.2, 0) is 0 Å². The lowest BCUT2D eigenvalue weighted by atomic mass is 9.74. The minimum Gasteiger partial charge on any atom is -0.255 e. The van der Waals surface area contributed by atoms with E-state index in [2.05, 4.69) is 46.0 Å². The Morgan fingerprint density at radius 3 is 2.59 bits per heavy atom. The van der Waals surface area contributed by atoms with Crippen molar-refractivity contribution in [3.8, 4) is 0 Å². The first-order chi connectivity index (χ1) is 16.5. The molecule has 3 nitrogen and oxygen atoms in total. The van der Waals surface area contributed by atoms with Crippen molar-refractivity contribution in [2.24, 2.45) is 5.92 Å². The number of allylic oxidation sites excluding steroid dienone is 3. The average molecular weight is 470 g/mol. The van der Waals surface area contributed by atoms with Crippen LogP contribution in [0.3, 0.4) is 0 Å². The van der Waals surface area contributed by atoms with Gasteiger partial charge < -0.3 is 0 Å². The fourth-order valence-corrected chi connectivity index (χ4v) is 4.71. The van der Waals surface area contributed by atoms with E-state index in [1.165, 1.54) is 0 Å². The molecule has 5 heteroatoms. The average Bonchev–Trinajstić information content (AvgIpc) is 3.19. The first-order valence-electron chi connectivity index (χ1n) is 11.4. The molecular formula is C29H25ClFN3. The van der Waals surface area contributed by atoms with Crippen molar-refractivity contribution in [2.75, 3.05) is 0 Å². The molecule has 2 heterocycles. The van der Waals surface area contributed by atoms with E-state index in [1.807, 2.05) is 49.4 Å². The Bertz CT molecular complexity index is 1430. The zero-order valence-electron chi connectivity index (χ0n) is 19.0. The number of halogens is 2. The molecule has 0 atom stereocenters. The third kappa shape index (κ3) is 4.22. The van der Waals surface area contributed by atoms with Gasteiger partial charge in [-0.2, -0.15) is 9.49 Å². The van der Waals surface area contributed by atoms with E-state index < -0.39 is 5.95 Å². The molecule has 34 heavy (non-hydrogen) atoms. The number of benzene rings is 2. The van der Waals surface area contributed by atoms with Crippen molar-refractivity contribution in [3.63, 3.8) is 0 Å². The highest BCUT2D eigenvalue weighted by Gasteiger charge is 2.30. The van der Waals surface area contributed by atoms with Crippen LogP contribution in [0.15, 0.2) is 79.0 Å². The Balaban J connectivity index is 1.81. The molecule has 1 fully saturated rings. The summed E-state index contributed by atoms with van der Waals surface area (Å²) < 4.78 is 15.0. The van der Waals surface area contributed by atoms with Crippen LogP contribution in [0.4, 0.5) is 4.39 Å². The number of aromatic nitrogens is 3. The summed E-state index contributed by atoms with van der Waals surface area (Å²) in [6.07, 6.45) is 9.04. The third-order valence-electron chi connectivity index (χ3n) is 6.36. The van der Waals surface area contributed by atoms with Gasteiger partial charge in [0.15, 0.2) is 0 Å². The number of H-pyrrole nitrogens is 1. The Hall–Kier alpha value is -3.50. The van der Waals surface area contributed by atoms with Gasteiger partial charge in [-0.1, -0.05) is 78.7 Å². The molecule has 1 saturated carbocycles. The van der Waals surface area contributed by atoms with E-state index >= 15 is 0 Å². The maximum atomic E-state index is 15.0. The van der Waals surface area contributed by atoms with Crippen LogP contribution < -0.4 is 0 Å². The lowest BCUT2D eigenvalue weighted by Gasteiger charge is -2.31. The molecular weight excluding hydrogens is 445 g/mol. The van der Waals surface area contributed by atoms with E-state index in [9.17, 15) is 4.39 Å². The maximum absolute atomic E-state index is 15.0. The Morgan fingerprint density at radius 1 is 1.12 bits per heavy atom. The molecule has 0 bridgehead atoms. The molecule has 1 aliphatic carbocycles. The predicted octanol–water partition coefficient (Wildman–Crippen LogP) is 8.10. The summed E-state index contributed by atoms with van der Waals surface area (Å²) in [5.74, 6) is -0.139. The predicted molar refractivity (Wildman–Crippen MR) is 139 cm³/mol. The number of aromatic amines is 1. The highest BCUT2D eigenvalue weighted by atomic mass is 35.5. The molecule has 2 aromatic heterocycles. The monoisotopic (exact) mass is 469 g/mol. The third-order valence-corrected chi connectivity index (χ3v) is 6.67. The second kappa shape index (κ2) is 9.40. The minimum absolute atomic E-state index is 0.301. The van der Waals surface area contributed by atoms with Gasteiger partial charge >= 0.3 is 0 Å². The summed E-state index contributed by atoms with van der Waals surface area (Å²) >= 11 is 6.68. The molecule has 0 spiro atoms. The first kappa shape index (κ1) is 22.3. The Labute approximate surface area is 203 Å². The van der Waals surface area contributed by atoms with Crippen LogP contribution in [0.25, 0.3) is 28.1 Å². The molecule has 0 amide bonds. The van der Waals surface area contributed by atoms with Crippen LogP contribution in [0.5, 0.6) is 0 Å². The van der Waals surface area contributed by atoms with E-state index in [1.54, 1.807) is 6.20 Å². The molecule has 4 aromatic rings. The molecule has 0 unspecified atom stereocenters. The van der Waals surface area contributed by atoms with Crippen molar-refractivity contribution in [3.05, 3.63) is 112 Å². The zero-order chi connectivity index (χ0) is 23.7. The molecule has 0 radical (unpaired) electrons. The van der Waals surface area contributed by atoms with Crippen LogP contribution in [0, 0.1) is 11.9 Å². The summed E-state index contributed by atoms with van der Waals surface area (Å²) in [7, 11) is 0. The number of nitrogens with one attached hydrogen (secondary N) is 1. The van der Waals surface area contributed by atoms with E-state index in [0.29, 0.717) is 21.8 Å². The number of rotatable bonds is 6. The van der Waals surface area contributed by atoms with Gasteiger partial charge in [-0.05, 0) is 71.7 Å². The number of pyridine rings is 1. The summed E-state index contributed by atoms with van der Waals surface area (Å²) in [6.45, 7) is 5.90. The van der Waals surface area contributed by atoms with Crippen molar-refractivity contribution in [1.29, 1.82) is 0 Å². The minimum atomic E-state index is -0.441. The molecule has 5 rings (SSSR count). The Morgan fingerprint density at radius 2 is 1.91 bits per heavy atom. The van der Waals surface area contributed by atoms with Gasteiger partial charge in [-0.15, -0.1) is 0 Å². The molecule has 1 N–H and O–H groups in total. The molecule has 0 aliphatic heterocycles. The summed E-state index contributed by atoms with van der Waals surface area (Å²) in [4.78, 5) is 4.68. The quantitative estimate of drug-likeness (QED) is 0.290. The summed E-state index contributed by atoms with van der Waals surface area (Å²) in [5, 5.41) is 7.74. The number of hydrogen-bond acceptors (Lipinski definition) is 2. The van der Waals surface area contributed by atoms with Crippen molar-refractivity contribution in [1.82, 2.24) is 15.2 Å². The second-order valence-corrected chi connectivity index (χ2v) is 9.20. The fraction of sp³-hybridized carbons (Fsp3) is 0.172. The van der Waals surface area contributed by atoms with Gasteiger partial charge in [0.05, 0.1) is 21.6 Å². The lowest BCUT2D eigenvalue weighted by Crippen LogP contribution is -2.16. The van der Waals surface area contributed by atoms with Crippen molar-refractivity contribution in [2.45, 2.75) is 26.2 Å². The van der Waals surface area contributed by atoms with E-state index in [0.717, 1.165) is 58.4 Å². The van der Waals surface area contributed by atoms with Gasteiger partial charge in [-0.3, -0.25) is 10.1 Å². The van der Waals surface area contributed by atoms with E-state index in [4.69, 9.17) is 11.6 Å². The number of fused-ring (bicyclic) bond motifs is 1. The van der Waals surface area contributed by atoms with E-state index in [-0.39, 0.29) is 0 Å². The normalized spacial score (nSPS) is 14.9. The molecule has 1 aliphatic rings. The van der Waals surface area contributed by atoms with Gasteiger partial charge in [0.1, 0.15) is 0 Å². The van der Waals surface area contributed by atoms with Gasteiger partial charge in [0.25, 0.3) is 0 Å². The fourth-order valence-electron chi connectivity index (χ4n) is 4.49. The van der Waals surface area contributed by atoms with Crippen LogP contribution in [-0.4, -0.2) is 15.2 Å². The highest BCUT2D eigenvalue weighted by molar-refractivity contribution is 6.32. The van der Waals surface area contributed by atoms with Crippen LogP contribution in [0.2, 0.25) is 5.02 Å². The van der Waals surface area contributed by atoms with Crippen LogP contribution in [0.1, 0.15) is 48.6 Å². The SMILES string of the molecule is C=C(C)/C=C/c1ccc(/C(=C(\c2ncccc2Cl)C2CCC2)c2cccc3n[nH]c(F)c23)cc1. The van der Waals surface area contributed by atoms with Crippen LogP contribution >= 0.6 is 11.6 Å². The lowest BCUT2D eigenvalue weighted by molar-refractivity contribution is 0.400. The first-order valence-corrected chi connectivity index (χ1v) is 11.8. The number of hydrogen-bond donors (Lipinski definition) is 1.